The van der Waals surface area contributed by atoms with Gasteiger partial charge < -0.3 is 4.57 Å². The molecule has 0 N–H and O–H groups in total. The van der Waals surface area contributed by atoms with E-state index in [-0.39, 0.29) is 11.3 Å². The lowest BCUT2D eigenvalue weighted by Gasteiger charge is -2.08. The molecular formula is C13H10N2O4. The van der Waals surface area contributed by atoms with Gasteiger partial charge in [0.05, 0.1) is 16.2 Å². The van der Waals surface area contributed by atoms with E-state index in [2.05, 4.69) is 0 Å². The number of pyridine rings is 1. The fourth-order valence-corrected chi connectivity index (χ4v) is 1.81. The fourth-order valence-electron chi connectivity index (χ4n) is 1.81. The molecule has 6 heteroatoms. The summed E-state index contributed by atoms with van der Waals surface area (Å²) in [6.45, 7) is 0. The largest absolute Gasteiger partial charge is 0.311 e. The van der Waals surface area contributed by atoms with Gasteiger partial charge in [-0.15, -0.1) is 0 Å². The SMILES string of the molecule is Cn1c(-c2cccc([N+](=O)[O-])c2)ccc(C=O)c1=O. The molecule has 0 bridgehead atoms. The molecule has 96 valence electrons. The van der Waals surface area contributed by atoms with Crippen molar-refractivity contribution in [1.82, 2.24) is 4.57 Å². The Morgan fingerprint density at radius 2 is 2.00 bits per heavy atom. The number of nitrogens with zero attached hydrogens (tertiary/aromatic N) is 2. The van der Waals surface area contributed by atoms with Crippen molar-refractivity contribution in [3.8, 4) is 11.3 Å². The number of non-ortho nitro benzene ring substituents is 1. The van der Waals surface area contributed by atoms with E-state index in [0.29, 0.717) is 17.5 Å². The maximum atomic E-state index is 11.8. The first-order valence-corrected chi connectivity index (χ1v) is 5.44. The minimum Gasteiger partial charge on any atom is -0.311 e. The van der Waals surface area contributed by atoms with E-state index in [0.717, 1.165) is 0 Å². The number of benzene rings is 1. The number of rotatable bonds is 3. The summed E-state index contributed by atoms with van der Waals surface area (Å²) >= 11 is 0. The number of hydrogen-bond donors (Lipinski definition) is 0. The summed E-state index contributed by atoms with van der Waals surface area (Å²) in [7, 11) is 1.52. The molecule has 0 aliphatic heterocycles. The summed E-state index contributed by atoms with van der Waals surface area (Å²) in [6.07, 6.45) is 0.486. The fraction of sp³-hybridized carbons (Fsp3) is 0.0769. The molecule has 0 aliphatic rings. The van der Waals surface area contributed by atoms with E-state index in [9.17, 15) is 19.7 Å². The van der Waals surface area contributed by atoms with Crippen molar-refractivity contribution >= 4 is 12.0 Å². The molecule has 1 heterocycles. The minimum absolute atomic E-state index is 0.0515. The topological polar surface area (TPSA) is 82.2 Å². The summed E-state index contributed by atoms with van der Waals surface area (Å²) in [5.41, 5.74) is 0.630. The average Bonchev–Trinajstić information content (AvgIpc) is 2.42. The van der Waals surface area contributed by atoms with E-state index in [1.165, 1.54) is 29.8 Å². The molecule has 2 aromatic rings. The molecule has 6 nitrogen and oxygen atoms in total. The van der Waals surface area contributed by atoms with Crippen LogP contribution in [0.25, 0.3) is 11.3 Å². The van der Waals surface area contributed by atoms with Crippen molar-refractivity contribution in [2.45, 2.75) is 0 Å². The van der Waals surface area contributed by atoms with E-state index in [4.69, 9.17) is 0 Å². The summed E-state index contributed by atoms with van der Waals surface area (Å²) < 4.78 is 1.29. The van der Waals surface area contributed by atoms with Gasteiger partial charge in [0.2, 0.25) is 0 Å². The van der Waals surface area contributed by atoms with Crippen LogP contribution >= 0.6 is 0 Å². The van der Waals surface area contributed by atoms with Gasteiger partial charge in [-0.25, -0.2) is 0 Å². The molecule has 0 aliphatic carbocycles. The summed E-state index contributed by atoms with van der Waals surface area (Å²) in [5, 5.41) is 10.7. The molecule has 19 heavy (non-hydrogen) atoms. The van der Waals surface area contributed by atoms with Gasteiger partial charge in [0.25, 0.3) is 11.2 Å². The van der Waals surface area contributed by atoms with Crippen LogP contribution in [0.3, 0.4) is 0 Å². The van der Waals surface area contributed by atoms with E-state index in [1.54, 1.807) is 18.2 Å². The molecule has 1 aromatic carbocycles. The second-order valence-corrected chi connectivity index (χ2v) is 3.96. The lowest BCUT2D eigenvalue weighted by atomic mass is 10.1. The zero-order valence-electron chi connectivity index (χ0n) is 10.1. The summed E-state index contributed by atoms with van der Waals surface area (Å²) in [5.74, 6) is 0. The van der Waals surface area contributed by atoms with E-state index >= 15 is 0 Å². The summed E-state index contributed by atoms with van der Waals surface area (Å²) in [6, 6.07) is 8.97. The number of carbonyl (C=O) groups is 1. The van der Waals surface area contributed by atoms with Crippen LogP contribution in [0.5, 0.6) is 0 Å². The van der Waals surface area contributed by atoms with Crippen LogP contribution in [0.1, 0.15) is 10.4 Å². The van der Waals surface area contributed by atoms with Gasteiger partial charge in [-0.1, -0.05) is 12.1 Å². The molecule has 2 rings (SSSR count). The monoisotopic (exact) mass is 258 g/mol. The van der Waals surface area contributed by atoms with Crippen molar-refractivity contribution in [2.75, 3.05) is 0 Å². The first-order valence-electron chi connectivity index (χ1n) is 5.44. The minimum atomic E-state index is -0.499. The molecule has 0 unspecified atom stereocenters. The van der Waals surface area contributed by atoms with Gasteiger partial charge in [-0.05, 0) is 12.1 Å². The predicted molar refractivity (Wildman–Crippen MR) is 69.2 cm³/mol. The number of aldehydes is 1. The Morgan fingerprint density at radius 1 is 1.26 bits per heavy atom. The Hall–Kier alpha value is -2.76. The molecule has 0 radical (unpaired) electrons. The molecular weight excluding hydrogens is 248 g/mol. The number of nitro benzene ring substituents is 1. The average molecular weight is 258 g/mol. The lowest BCUT2D eigenvalue weighted by Crippen LogP contribution is -2.21. The molecule has 0 saturated heterocycles. The van der Waals surface area contributed by atoms with E-state index in [1.807, 2.05) is 0 Å². The Balaban J connectivity index is 2.63. The Morgan fingerprint density at radius 3 is 2.63 bits per heavy atom. The highest BCUT2D eigenvalue weighted by Gasteiger charge is 2.10. The highest BCUT2D eigenvalue weighted by atomic mass is 16.6. The first kappa shape index (κ1) is 12.7. The van der Waals surface area contributed by atoms with Gasteiger partial charge in [0.15, 0.2) is 6.29 Å². The highest BCUT2D eigenvalue weighted by molar-refractivity contribution is 5.75. The van der Waals surface area contributed by atoms with Gasteiger partial charge in [0.1, 0.15) is 0 Å². The van der Waals surface area contributed by atoms with Gasteiger partial charge in [0, 0.05) is 24.7 Å². The number of aromatic nitrogens is 1. The van der Waals surface area contributed by atoms with Gasteiger partial charge >= 0.3 is 0 Å². The smallest absolute Gasteiger partial charge is 0.270 e. The quantitative estimate of drug-likeness (QED) is 0.477. The second kappa shape index (κ2) is 4.85. The normalized spacial score (nSPS) is 10.2. The Labute approximate surface area is 108 Å². The van der Waals surface area contributed by atoms with Crippen LogP contribution in [-0.2, 0) is 7.05 Å². The van der Waals surface area contributed by atoms with E-state index < -0.39 is 10.5 Å². The molecule has 0 amide bonds. The van der Waals surface area contributed by atoms with Crippen LogP contribution in [0.4, 0.5) is 5.69 Å². The van der Waals surface area contributed by atoms with Crippen LogP contribution in [0.2, 0.25) is 0 Å². The number of carbonyl (C=O) groups excluding carboxylic acids is 1. The molecule has 0 fully saturated rings. The van der Waals surface area contributed by atoms with Gasteiger partial charge in [-0.3, -0.25) is 19.7 Å². The third kappa shape index (κ3) is 2.28. The predicted octanol–water partition coefficient (Wildman–Crippen LogP) is 1.77. The van der Waals surface area contributed by atoms with Crippen LogP contribution in [0.15, 0.2) is 41.2 Å². The third-order valence-electron chi connectivity index (χ3n) is 2.81. The second-order valence-electron chi connectivity index (χ2n) is 3.96. The number of hydrogen-bond acceptors (Lipinski definition) is 4. The van der Waals surface area contributed by atoms with Crippen molar-refractivity contribution < 1.29 is 9.72 Å². The highest BCUT2D eigenvalue weighted by Crippen LogP contribution is 2.22. The number of nitro groups is 1. The van der Waals surface area contributed by atoms with Crippen molar-refractivity contribution in [1.29, 1.82) is 0 Å². The summed E-state index contributed by atoms with van der Waals surface area (Å²) in [4.78, 5) is 32.7. The lowest BCUT2D eigenvalue weighted by molar-refractivity contribution is -0.384. The molecule has 0 atom stereocenters. The molecule has 0 saturated carbocycles. The maximum Gasteiger partial charge on any atom is 0.270 e. The first-order chi connectivity index (χ1) is 9.04. The van der Waals surface area contributed by atoms with Crippen molar-refractivity contribution in [3.63, 3.8) is 0 Å². The Bertz CT molecular complexity index is 719. The van der Waals surface area contributed by atoms with Crippen molar-refractivity contribution in [2.24, 2.45) is 7.05 Å². The third-order valence-corrected chi connectivity index (χ3v) is 2.81. The molecule has 0 spiro atoms. The molecule has 1 aromatic heterocycles. The van der Waals surface area contributed by atoms with Crippen molar-refractivity contribution in [3.05, 3.63) is 62.4 Å². The Kier molecular flexibility index (Phi) is 3.24. The van der Waals surface area contributed by atoms with Gasteiger partial charge in [-0.2, -0.15) is 0 Å². The standard InChI is InChI=1S/C13H10N2O4/c1-14-12(6-5-10(8-16)13(14)17)9-3-2-4-11(7-9)15(18)19/h2-8H,1H3. The van der Waals surface area contributed by atoms with Crippen LogP contribution in [-0.4, -0.2) is 15.8 Å². The maximum absolute atomic E-state index is 11.8. The zero-order valence-corrected chi connectivity index (χ0v) is 10.1. The zero-order chi connectivity index (χ0) is 14.0. The van der Waals surface area contributed by atoms with Crippen LogP contribution in [0, 0.1) is 10.1 Å². The van der Waals surface area contributed by atoms with Crippen LogP contribution < -0.4 is 5.56 Å².